The standard InChI is InChI=1S/C17H26N2O3/c1-3-4-9-22-15-8-7-13(10-16(15)21-2)17(20)19-11-14(18)12-5-6-12/h7-8,10,12,14H,3-6,9,11,18H2,1-2H3,(H,19,20). The summed E-state index contributed by atoms with van der Waals surface area (Å²) in [5.41, 5.74) is 6.55. The van der Waals surface area contributed by atoms with Gasteiger partial charge in [0.15, 0.2) is 11.5 Å². The summed E-state index contributed by atoms with van der Waals surface area (Å²) in [5.74, 6) is 1.69. The molecular formula is C17H26N2O3. The van der Waals surface area contributed by atoms with Gasteiger partial charge in [0, 0.05) is 18.2 Å². The Balaban J connectivity index is 1.93. The van der Waals surface area contributed by atoms with Crippen LogP contribution in [0.25, 0.3) is 0 Å². The van der Waals surface area contributed by atoms with E-state index in [9.17, 15) is 4.79 Å². The van der Waals surface area contributed by atoms with E-state index < -0.39 is 0 Å². The maximum absolute atomic E-state index is 12.2. The molecule has 2 rings (SSSR count). The van der Waals surface area contributed by atoms with Gasteiger partial charge in [0.2, 0.25) is 0 Å². The normalized spacial score (nSPS) is 15.2. The van der Waals surface area contributed by atoms with E-state index in [0.717, 1.165) is 12.8 Å². The average molecular weight is 306 g/mol. The lowest BCUT2D eigenvalue weighted by molar-refractivity contribution is 0.0950. The topological polar surface area (TPSA) is 73.6 Å². The summed E-state index contributed by atoms with van der Waals surface area (Å²) in [7, 11) is 1.58. The molecule has 0 saturated heterocycles. The zero-order valence-electron chi connectivity index (χ0n) is 13.4. The van der Waals surface area contributed by atoms with Crippen LogP contribution in [0.2, 0.25) is 0 Å². The molecule has 0 heterocycles. The van der Waals surface area contributed by atoms with Crippen molar-refractivity contribution in [1.82, 2.24) is 5.32 Å². The number of hydrogen-bond acceptors (Lipinski definition) is 4. The van der Waals surface area contributed by atoms with Crippen LogP contribution in [0, 0.1) is 5.92 Å². The lowest BCUT2D eigenvalue weighted by atomic mass is 10.1. The molecule has 3 N–H and O–H groups in total. The molecule has 1 atom stereocenters. The van der Waals surface area contributed by atoms with Crippen LogP contribution < -0.4 is 20.5 Å². The van der Waals surface area contributed by atoms with Crippen LogP contribution in [0.1, 0.15) is 43.0 Å². The third-order valence-electron chi connectivity index (χ3n) is 3.91. The monoisotopic (exact) mass is 306 g/mol. The number of hydrogen-bond donors (Lipinski definition) is 2. The van der Waals surface area contributed by atoms with Crippen LogP contribution in [-0.4, -0.2) is 32.2 Å². The summed E-state index contributed by atoms with van der Waals surface area (Å²) in [6, 6.07) is 5.30. The molecule has 122 valence electrons. The lowest BCUT2D eigenvalue weighted by Crippen LogP contribution is -2.38. The fourth-order valence-electron chi connectivity index (χ4n) is 2.26. The van der Waals surface area contributed by atoms with Crippen LogP contribution >= 0.6 is 0 Å². The van der Waals surface area contributed by atoms with Crippen molar-refractivity contribution < 1.29 is 14.3 Å². The van der Waals surface area contributed by atoms with Gasteiger partial charge in [0.05, 0.1) is 13.7 Å². The number of unbranched alkanes of at least 4 members (excludes halogenated alkanes) is 1. The number of benzene rings is 1. The van der Waals surface area contributed by atoms with E-state index >= 15 is 0 Å². The molecule has 5 heteroatoms. The predicted octanol–water partition coefficient (Wildman–Crippen LogP) is 2.34. The molecule has 0 radical (unpaired) electrons. The van der Waals surface area contributed by atoms with Gasteiger partial charge in [-0.05, 0) is 43.4 Å². The van der Waals surface area contributed by atoms with Gasteiger partial charge in [-0.2, -0.15) is 0 Å². The smallest absolute Gasteiger partial charge is 0.251 e. The van der Waals surface area contributed by atoms with Gasteiger partial charge in [0.25, 0.3) is 5.91 Å². The number of carbonyl (C=O) groups excluding carboxylic acids is 1. The van der Waals surface area contributed by atoms with Crippen LogP contribution in [0.3, 0.4) is 0 Å². The molecule has 1 aromatic carbocycles. The maximum atomic E-state index is 12.2. The number of nitrogens with one attached hydrogen (secondary N) is 1. The van der Waals surface area contributed by atoms with Crippen LogP contribution in [-0.2, 0) is 0 Å². The van der Waals surface area contributed by atoms with Crippen LogP contribution in [0.4, 0.5) is 0 Å². The Kier molecular flexibility index (Phi) is 6.07. The van der Waals surface area contributed by atoms with Gasteiger partial charge in [-0.3, -0.25) is 4.79 Å². The highest BCUT2D eigenvalue weighted by Crippen LogP contribution is 2.31. The van der Waals surface area contributed by atoms with Gasteiger partial charge < -0.3 is 20.5 Å². The predicted molar refractivity (Wildman–Crippen MR) is 86.4 cm³/mol. The van der Waals surface area contributed by atoms with E-state index in [1.54, 1.807) is 25.3 Å². The Morgan fingerprint density at radius 1 is 1.41 bits per heavy atom. The summed E-state index contributed by atoms with van der Waals surface area (Å²) in [5, 5.41) is 2.88. The van der Waals surface area contributed by atoms with Crippen LogP contribution in [0.15, 0.2) is 18.2 Å². The largest absolute Gasteiger partial charge is 0.493 e. The van der Waals surface area contributed by atoms with E-state index in [1.807, 2.05) is 0 Å². The summed E-state index contributed by atoms with van der Waals surface area (Å²) in [6.45, 7) is 3.27. The molecule has 0 aromatic heterocycles. The van der Waals surface area contributed by atoms with E-state index in [4.69, 9.17) is 15.2 Å². The van der Waals surface area contributed by atoms with Crippen molar-refractivity contribution in [3.8, 4) is 11.5 Å². The van der Waals surface area contributed by atoms with Gasteiger partial charge in [0.1, 0.15) is 0 Å². The number of carbonyl (C=O) groups is 1. The summed E-state index contributed by atoms with van der Waals surface area (Å²) < 4.78 is 11.0. The molecular weight excluding hydrogens is 280 g/mol. The Morgan fingerprint density at radius 2 is 2.18 bits per heavy atom. The van der Waals surface area contributed by atoms with E-state index in [-0.39, 0.29) is 11.9 Å². The Labute approximate surface area is 132 Å². The van der Waals surface area contributed by atoms with Crippen LogP contribution in [0.5, 0.6) is 11.5 Å². The van der Waals surface area contributed by atoms with Crippen molar-refractivity contribution >= 4 is 5.91 Å². The molecule has 5 nitrogen and oxygen atoms in total. The Morgan fingerprint density at radius 3 is 2.82 bits per heavy atom. The SMILES string of the molecule is CCCCOc1ccc(C(=O)NCC(N)C2CC2)cc1OC. The minimum absolute atomic E-state index is 0.0579. The van der Waals surface area contributed by atoms with E-state index in [0.29, 0.717) is 36.1 Å². The zero-order chi connectivity index (χ0) is 15.9. The molecule has 1 aliphatic carbocycles. The van der Waals surface area contributed by atoms with E-state index in [1.165, 1.54) is 12.8 Å². The summed E-state index contributed by atoms with van der Waals surface area (Å²) >= 11 is 0. The second kappa shape index (κ2) is 8.03. The van der Waals surface area contributed by atoms with Gasteiger partial charge in [-0.15, -0.1) is 0 Å². The highest BCUT2D eigenvalue weighted by molar-refractivity contribution is 5.94. The summed E-state index contributed by atoms with van der Waals surface area (Å²) in [4.78, 5) is 12.2. The fraction of sp³-hybridized carbons (Fsp3) is 0.588. The minimum atomic E-state index is -0.130. The van der Waals surface area contributed by atoms with E-state index in [2.05, 4.69) is 12.2 Å². The van der Waals surface area contributed by atoms with Crippen molar-refractivity contribution in [2.45, 2.75) is 38.6 Å². The number of ether oxygens (including phenoxy) is 2. The Bertz CT molecular complexity index is 501. The summed E-state index contributed by atoms with van der Waals surface area (Å²) in [6.07, 6.45) is 4.41. The first-order chi connectivity index (χ1) is 10.7. The second-order valence-electron chi connectivity index (χ2n) is 5.78. The molecule has 1 saturated carbocycles. The first kappa shape index (κ1) is 16.6. The Hall–Kier alpha value is -1.75. The molecule has 0 spiro atoms. The first-order valence-corrected chi connectivity index (χ1v) is 8.00. The van der Waals surface area contributed by atoms with Gasteiger partial charge in [-0.25, -0.2) is 0 Å². The first-order valence-electron chi connectivity index (χ1n) is 8.00. The highest BCUT2D eigenvalue weighted by Gasteiger charge is 2.28. The van der Waals surface area contributed by atoms with Gasteiger partial charge in [-0.1, -0.05) is 13.3 Å². The quantitative estimate of drug-likeness (QED) is 0.687. The fourth-order valence-corrected chi connectivity index (χ4v) is 2.26. The van der Waals surface area contributed by atoms with Crippen molar-refractivity contribution in [3.63, 3.8) is 0 Å². The molecule has 1 amide bonds. The molecule has 1 aromatic rings. The molecule has 22 heavy (non-hydrogen) atoms. The highest BCUT2D eigenvalue weighted by atomic mass is 16.5. The zero-order valence-corrected chi connectivity index (χ0v) is 13.4. The van der Waals surface area contributed by atoms with Crippen molar-refractivity contribution in [1.29, 1.82) is 0 Å². The molecule has 0 aliphatic heterocycles. The third-order valence-corrected chi connectivity index (χ3v) is 3.91. The second-order valence-corrected chi connectivity index (χ2v) is 5.78. The number of amides is 1. The number of rotatable bonds is 9. The molecule has 1 unspecified atom stereocenters. The lowest BCUT2D eigenvalue weighted by Gasteiger charge is -2.14. The molecule has 1 aliphatic rings. The maximum Gasteiger partial charge on any atom is 0.251 e. The van der Waals surface area contributed by atoms with Gasteiger partial charge >= 0.3 is 0 Å². The number of methoxy groups -OCH3 is 1. The average Bonchev–Trinajstić information content (AvgIpc) is 3.37. The molecule has 1 fully saturated rings. The van der Waals surface area contributed by atoms with Crippen molar-refractivity contribution in [2.24, 2.45) is 11.7 Å². The molecule has 0 bridgehead atoms. The minimum Gasteiger partial charge on any atom is -0.493 e. The van der Waals surface area contributed by atoms with Crippen molar-refractivity contribution in [2.75, 3.05) is 20.3 Å². The van der Waals surface area contributed by atoms with Crippen molar-refractivity contribution in [3.05, 3.63) is 23.8 Å². The number of nitrogens with two attached hydrogens (primary N) is 1. The third kappa shape index (κ3) is 4.63.